The maximum atomic E-state index is 9.71. The molecule has 0 aliphatic heterocycles. The fourth-order valence-corrected chi connectivity index (χ4v) is 1.16. The van der Waals surface area contributed by atoms with Gasteiger partial charge in [0.05, 0.1) is 6.10 Å². The molecule has 0 spiro atoms. The minimum absolute atomic E-state index is 0.205. The van der Waals surface area contributed by atoms with Gasteiger partial charge in [-0.1, -0.05) is 19.1 Å². The monoisotopic (exact) mass is 180 g/mol. The molecule has 0 unspecified atom stereocenters. The summed E-state index contributed by atoms with van der Waals surface area (Å²) in [6, 6.07) is 6.93. The number of rotatable bonds is 3. The van der Waals surface area contributed by atoms with Crippen LogP contribution in [-0.2, 0) is 0 Å². The number of nitrogens with two attached hydrogens (primary N) is 2. The van der Waals surface area contributed by atoms with Crippen LogP contribution in [0.1, 0.15) is 25.0 Å². The minimum Gasteiger partial charge on any atom is -0.399 e. The van der Waals surface area contributed by atoms with Gasteiger partial charge in [-0.3, -0.25) is 0 Å². The number of aliphatic hydroxyl groups is 1. The first-order valence-electron chi connectivity index (χ1n) is 4.44. The summed E-state index contributed by atoms with van der Waals surface area (Å²) in [7, 11) is 0. The maximum Gasteiger partial charge on any atom is 0.0940 e. The van der Waals surface area contributed by atoms with Crippen molar-refractivity contribution in [3.8, 4) is 0 Å². The number of benzene rings is 1. The van der Waals surface area contributed by atoms with Gasteiger partial charge in [0.1, 0.15) is 0 Å². The molecule has 2 atom stereocenters. The van der Waals surface area contributed by atoms with Crippen molar-refractivity contribution in [1.82, 2.24) is 0 Å². The molecule has 0 bridgehead atoms. The van der Waals surface area contributed by atoms with E-state index in [9.17, 15) is 5.11 Å². The molecule has 0 fully saturated rings. The van der Waals surface area contributed by atoms with Crippen LogP contribution in [0.3, 0.4) is 0 Å². The maximum absolute atomic E-state index is 9.71. The van der Waals surface area contributed by atoms with Gasteiger partial charge >= 0.3 is 0 Å². The molecule has 1 rings (SSSR count). The second-order valence-corrected chi connectivity index (χ2v) is 3.18. The molecule has 0 saturated carbocycles. The summed E-state index contributed by atoms with van der Waals surface area (Å²) in [6.07, 6.45) is 0.163. The van der Waals surface area contributed by atoms with Gasteiger partial charge < -0.3 is 16.6 Å². The van der Waals surface area contributed by atoms with E-state index in [4.69, 9.17) is 11.5 Å². The number of hydrogen-bond donors (Lipinski definition) is 3. The highest BCUT2D eigenvalue weighted by molar-refractivity contribution is 5.40. The number of hydrogen-bond acceptors (Lipinski definition) is 3. The normalized spacial score (nSPS) is 15.3. The van der Waals surface area contributed by atoms with Crippen molar-refractivity contribution < 1.29 is 5.11 Å². The Balaban J connectivity index is 2.77. The Labute approximate surface area is 78.4 Å². The van der Waals surface area contributed by atoms with Crippen LogP contribution in [0.5, 0.6) is 0 Å². The van der Waals surface area contributed by atoms with E-state index in [0.29, 0.717) is 5.69 Å². The first-order valence-corrected chi connectivity index (χ1v) is 4.44. The van der Waals surface area contributed by atoms with Crippen LogP contribution in [-0.4, -0.2) is 11.1 Å². The molecule has 13 heavy (non-hydrogen) atoms. The van der Waals surface area contributed by atoms with Crippen LogP contribution in [0.2, 0.25) is 0 Å². The largest absolute Gasteiger partial charge is 0.399 e. The molecule has 0 aromatic heterocycles. The Hall–Kier alpha value is -1.06. The fraction of sp³-hybridized carbons (Fsp3) is 0.400. The predicted octanol–water partition coefficient (Wildman–Crippen LogP) is 1.04. The summed E-state index contributed by atoms with van der Waals surface area (Å²) in [5.74, 6) is 0. The van der Waals surface area contributed by atoms with E-state index in [1.165, 1.54) is 0 Å². The Morgan fingerprint density at radius 1 is 1.31 bits per heavy atom. The molecule has 0 aliphatic rings. The highest BCUT2D eigenvalue weighted by atomic mass is 16.3. The van der Waals surface area contributed by atoms with E-state index in [-0.39, 0.29) is 6.04 Å². The summed E-state index contributed by atoms with van der Waals surface area (Å²) in [5, 5.41) is 9.71. The zero-order chi connectivity index (χ0) is 9.84. The van der Waals surface area contributed by atoms with Crippen LogP contribution in [0.25, 0.3) is 0 Å². The molecule has 3 nitrogen and oxygen atoms in total. The quantitative estimate of drug-likeness (QED) is 0.608. The Morgan fingerprint density at radius 3 is 2.31 bits per heavy atom. The first kappa shape index (κ1) is 10.0. The van der Waals surface area contributed by atoms with E-state index in [0.717, 1.165) is 12.0 Å². The molecule has 1 aromatic carbocycles. The van der Waals surface area contributed by atoms with E-state index < -0.39 is 6.10 Å². The predicted molar refractivity (Wildman–Crippen MR) is 54.1 cm³/mol. The first-order chi connectivity index (χ1) is 6.15. The SMILES string of the molecule is CC[C@@H](N)[C@H](O)c1ccc(N)cc1. The Kier molecular flexibility index (Phi) is 3.28. The highest BCUT2D eigenvalue weighted by Gasteiger charge is 2.14. The van der Waals surface area contributed by atoms with Crippen molar-refractivity contribution in [3.63, 3.8) is 0 Å². The number of aliphatic hydroxyl groups excluding tert-OH is 1. The molecule has 0 radical (unpaired) electrons. The van der Waals surface area contributed by atoms with Crippen LogP contribution >= 0.6 is 0 Å². The zero-order valence-corrected chi connectivity index (χ0v) is 7.77. The molecule has 0 saturated heterocycles. The van der Waals surface area contributed by atoms with E-state index in [2.05, 4.69) is 0 Å². The third kappa shape index (κ3) is 2.44. The topological polar surface area (TPSA) is 72.3 Å². The Bertz CT molecular complexity index is 258. The molecule has 0 heterocycles. The lowest BCUT2D eigenvalue weighted by Gasteiger charge is -2.17. The summed E-state index contributed by atoms with van der Waals surface area (Å²) < 4.78 is 0. The zero-order valence-electron chi connectivity index (χ0n) is 7.77. The highest BCUT2D eigenvalue weighted by Crippen LogP contribution is 2.18. The van der Waals surface area contributed by atoms with Crippen molar-refractivity contribution in [1.29, 1.82) is 0 Å². The van der Waals surface area contributed by atoms with Crippen LogP contribution in [0.4, 0.5) is 5.69 Å². The summed E-state index contributed by atoms with van der Waals surface area (Å²) >= 11 is 0. The van der Waals surface area contributed by atoms with Gasteiger partial charge in [0.25, 0.3) is 0 Å². The molecular weight excluding hydrogens is 164 g/mol. The number of nitrogen functional groups attached to an aromatic ring is 1. The van der Waals surface area contributed by atoms with Gasteiger partial charge in [0.2, 0.25) is 0 Å². The smallest absolute Gasteiger partial charge is 0.0940 e. The standard InChI is InChI=1S/C10H16N2O/c1-2-9(12)10(13)7-3-5-8(11)6-4-7/h3-6,9-10,13H,2,11-12H2,1H3/t9-,10-/m1/s1. The Morgan fingerprint density at radius 2 is 1.85 bits per heavy atom. The van der Waals surface area contributed by atoms with Crippen LogP contribution in [0, 0.1) is 0 Å². The van der Waals surface area contributed by atoms with Gasteiger partial charge in [-0.2, -0.15) is 0 Å². The van der Waals surface area contributed by atoms with Crippen LogP contribution in [0.15, 0.2) is 24.3 Å². The molecule has 5 N–H and O–H groups in total. The molecular formula is C10H16N2O. The van der Waals surface area contributed by atoms with Crippen molar-refractivity contribution in [2.24, 2.45) is 5.73 Å². The lowest BCUT2D eigenvalue weighted by Crippen LogP contribution is -2.27. The molecule has 0 aliphatic carbocycles. The summed E-state index contributed by atoms with van der Waals surface area (Å²) in [4.78, 5) is 0. The van der Waals surface area contributed by atoms with Crippen molar-refractivity contribution in [2.45, 2.75) is 25.5 Å². The summed E-state index contributed by atoms with van der Waals surface area (Å²) in [6.45, 7) is 1.95. The van der Waals surface area contributed by atoms with Crippen molar-refractivity contribution in [2.75, 3.05) is 5.73 Å². The number of anilines is 1. The van der Waals surface area contributed by atoms with Crippen LogP contribution < -0.4 is 11.5 Å². The van der Waals surface area contributed by atoms with Gasteiger partial charge in [-0.15, -0.1) is 0 Å². The van der Waals surface area contributed by atoms with E-state index in [1.807, 2.05) is 6.92 Å². The molecule has 1 aromatic rings. The molecule has 72 valence electrons. The van der Waals surface area contributed by atoms with Crippen molar-refractivity contribution >= 4 is 5.69 Å². The molecule has 0 amide bonds. The average molecular weight is 180 g/mol. The van der Waals surface area contributed by atoms with Gasteiger partial charge in [0.15, 0.2) is 0 Å². The second-order valence-electron chi connectivity index (χ2n) is 3.18. The summed E-state index contributed by atoms with van der Waals surface area (Å²) in [5.41, 5.74) is 12.7. The lowest BCUT2D eigenvalue weighted by atomic mass is 10.0. The molecule has 3 heteroatoms. The lowest BCUT2D eigenvalue weighted by molar-refractivity contribution is 0.144. The third-order valence-electron chi connectivity index (χ3n) is 2.15. The second kappa shape index (κ2) is 4.25. The fourth-order valence-electron chi connectivity index (χ4n) is 1.16. The third-order valence-corrected chi connectivity index (χ3v) is 2.15. The van der Waals surface area contributed by atoms with Gasteiger partial charge in [-0.25, -0.2) is 0 Å². The van der Waals surface area contributed by atoms with Gasteiger partial charge in [-0.05, 0) is 24.1 Å². The average Bonchev–Trinajstić information content (AvgIpc) is 2.17. The van der Waals surface area contributed by atoms with Crippen molar-refractivity contribution in [3.05, 3.63) is 29.8 Å². The van der Waals surface area contributed by atoms with E-state index in [1.54, 1.807) is 24.3 Å². The van der Waals surface area contributed by atoms with Gasteiger partial charge in [0, 0.05) is 11.7 Å². The van der Waals surface area contributed by atoms with E-state index >= 15 is 0 Å². The minimum atomic E-state index is -0.592.